The molecular formula is C19H12BrF3N2O5S. The molecule has 0 spiro atoms. The van der Waals surface area contributed by atoms with Crippen molar-refractivity contribution in [1.29, 1.82) is 0 Å². The molecule has 1 fully saturated rings. The molecule has 0 radical (unpaired) electrons. The number of carbonyl (C=O) groups is 3. The normalized spacial score (nSPS) is 15.0. The van der Waals surface area contributed by atoms with E-state index in [0.29, 0.717) is 32.8 Å². The SMILES string of the molecule is COc1cc(/C=C2\SC(=O)N(CC(=O)Nc3ccc(F)c(F)c3F)C2=O)c(Br)cc1O. The first-order valence-corrected chi connectivity index (χ1v) is 9.98. The van der Waals surface area contributed by atoms with Crippen LogP contribution in [0.25, 0.3) is 6.08 Å². The number of methoxy groups -OCH3 is 1. The van der Waals surface area contributed by atoms with Gasteiger partial charge in [-0.2, -0.15) is 0 Å². The molecule has 1 aliphatic rings. The first kappa shape index (κ1) is 22.7. The maximum Gasteiger partial charge on any atom is 0.294 e. The number of imide groups is 1. The molecule has 2 N–H and O–H groups in total. The van der Waals surface area contributed by atoms with Crippen LogP contribution in [-0.4, -0.2) is 40.7 Å². The summed E-state index contributed by atoms with van der Waals surface area (Å²) in [6.07, 6.45) is 1.36. The van der Waals surface area contributed by atoms with Crippen molar-refractivity contribution in [3.05, 3.63) is 56.7 Å². The average Bonchev–Trinajstić information content (AvgIpc) is 2.97. The summed E-state index contributed by atoms with van der Waals surface area (Å²) in [7, 11) is 1.34. The van der Waals surface area contributed by atoms with Crippen molar-refractivity contribution >= 4 is 56.5 Å². The van der Waals surface area contributed by atoms with Crippen molar-refractivity contribution in [2.24, 2.45) is 0 Å². The predicted octanol–water partition coefficient (Wildman–Crippen LogP) is 4.26. The van der Waals surface area contributed by atoms with Crippen LogP contribution in [0.2, 0.25) is 0 Å². The molecule has 0 aromatic heterocycles. The maximum atomic E-state index is 13.7. The highest BCUT2D eigenvalue weighted by Crippen LogP contribution is 2.37. The van der Waals surface area contributed by atoms with Gasteiger partial charge in [-0.1, -0.05) is 15.9 Å². The number of benzene rings is 2. The number of hydrogen-bond acceptors (Lipinski definition) is 6. The average molecular weight is 517 g/mol. The highest BCUT2D eigenvalue weighted by atomic mass is 79.9. The molecule has 0 atom stereocenters. The fraction of sp³-hybridized carbons (Fsp3) is 0.105. The third-order valence-corrected chi connectivity index (χ3v) is 5.66. The molecule has 1 heterocycles. The van der Waals surface area contributed by atoms with Gasteiger partial charge in [0.15, 0.2) is 29.0 Å². The zero-order valence-corrected chi connectivity index (χ0v) is 17.9. The molecular weight excluding hydrogens is 505 g/mol. The third kappa shape index (κ3) is 4.69. The highest BCUT2D eigenvalue weighted by Gasteiger charge is 2.36. The fourth-order valence-corrected chi connectivity index (χ4v) is 3.84. The van der Waals surface area contributed by atoms with E-state index < -0.39 is 46.7 Å². The van der Waals surface area contributed by atoms with E-state index in [0.717, 1.165) is 6.07 Å². The number of aromatic hydroxyl groups is 1. The van der Waals surface area contributed by atoms with Crippen LogP contribution in [0.4, 0.5) is 23.7 Å². The van der Waals surface area contributed by atoms with Gasteiger partial charge in [-0.15, -0.1) is 0 Å². The van der Waals surface area contributed by atoms with Crippen LogP contribution in [0.1, 0.15) is 5.56 Å². The number of hydrogen-bond donors (Lipinski definition) is 2. The first-order valence-electron chi connectivity index (χ1n) is 8.37. The Morgan fingerprint density at radius 1 is 1.26 bits per heavy atom. The number of thioether (sulfide) groups is 1. The number of anilines is 1. The second-order valence-electron chi connectivity index (χ2n) is 6.08. The Labute approximate surface area is 186 Å². The molecule has 0 bridgehead atoms. The zero-order chi connectivity index (χ0) is 22.9. The van der Waals surface area contributed by atoms with Gasteiger partial charge in [0, 0.05) is 4.47 Å². The number of amides is 3. The summed E-state index contributed by atoms with van der Waals surface area (Å²) >= 11 is 3.80. The maximum absolute atomic E-state index is 13.7. The van der Waals surface area contributed by atoms with Crippen molar-refractivity contribution in [1.82, 2.24) is 4.90 Å². The summed E-state index contributed by atoms with van der Waals surface area (Å²) in [6, 6.07) is 4.22. The van der Waals surface area contributed by atoms with Gasteiger partial charge in [-0.3, -0.25) is 19.3 Å². The molecule has 0 saturated carbocycles. The quantitative estimate of drug-likeness (QED) is 0.455. The van der Waals surface area contributed by atoms with Gasteiger partial charge in [0.2, 0.25) is 5.91 Å². The van der Waals surface area contributed by atoms with Crippen LogP contribution < -0.4 is 10.1 Å². The Hall–Kier alpha value is -2.99. The number of phenolic OH excluding ortho intramolecular Hbond substituents is 1. The van der Waals surface area contributed by atoms with Gasteiger partial charge in [0.1, 0.15) is 6.54 Å². The van der Waals surface area contributed by atoms with Crippen molar-refractivity contribution in [3.8, 4) is 11.5 Å². The van der Waals surface area contributed by atoms with E-state index in [1.165, 1.54) is 25.3 Å². The van der Waals surface area contributed by atoms with E-state index >= 15 is 0 Å². The Morgan fingerprint density at radius 3 is 2.65 bits per heavy atom. The van der Waals surface area contributed by atoms with Gasteiger partial charge >= 0.3 is 0 Å². The summed E-state index contributed by atoms with van der Waals surface area (Å²) in [5.74, 6) is -6.56. The lowest BCUT2D eigenvalue weighted by molar-refractivity contribution is -0.127. The number of nitrogens with one attached hydrogen (secondary N) is 1. The molecule has 162 valence electrons. The molecule has 12 heteroatoms. The molecule has 0 aliphatic carbocycles. The first-order chi connectivity index (χ1) is 14.6. The lowest BCUT2D eigenvalue weighted by Crippen LogP contribution is -2.36. The van der Waals surface area contributed by atoms with Crippen LogP contribution in [-0.2, 0) is 9.59 Å². The number of carbonyl (C=O) groups excluding carboxylic acids is 3. The minimum Gasteiger partial charge on any atom is -0.504 e. The smallest absolute Gasteiger partial charge is 0.294 e. The van der Waals surface area contributed by atoms with Crippen molar-refractivity contribution in [2.45, 2.75) is 0 Å². The van der Waals surface area contributed by atoms with Gasteiger partial charge < -0.3 is 15.2 Å². The second-order valence-corrected chi connectivity index (χ2v) is 7.93. The minimum atomic E-state index is -1.76. The molecule has 1 saturated heterocycles. The number of halogens is 4. The minimum absolute atomic E-state index is 0.00903. The van der Waals surface area contributed by atoms with E-state index in [4.69, 9.17) is 4.74 Å². The van der Waals surface area contributed by atoms with E-state index in [1.54, 1.807) is 0 Å². The second kappa shape index (κ2) is 9.02. The molecule has 3 rings (SSSR count). The summed E-state index contributed by atoms with van der Waals surface area (Å²) < 4.78 is 45.4. The molecule has 1 aliphatic heterocycles. The molecule has 7 nitrogen and oxygen atoms in total. The molecule has 0 unspecified atom stereocenters. The standard InChI is InChI=1S/C19H12BrF3N2O5S/c1-30-13-4-8(9(20)6-12(13)26)5-14-18(28)25(19(29)31-14)7-15(27)24-11-3-2-10(21)16(22)17(11)23/h2-6,26H,7H2,1H3,(H,24,27)/b14-5-. The summed E-state index contributed by atoms with van der Waals surface area (Å²) in [4.78, 5) is 37.5. The Morgan fingerprint density at radius 2 is 1.97 bits per heavy atom. The van der Waals surface area contributed by atoms with Gasteiger partial charge in [-0.25, -0.2) is 13.2 Å². The van der Waals surface area contributed by atoms with E-state index in [2.05, 4.69) is 15.9 Å². The number of phenols is 1. The van der Waals surface area contributed by atoms with Crippen molar-refractivity contribution in [3.63, 3.8) is 0 Å². The largest absolute Gasteiger partial charge is 0.504 e. The lowest BCUT2D eigenvalue weighted by atomic mass is 10.2. The summed E-state index contributed by atoms with van der Waals surface area (Å²) in [6.45, 7) is -0.763. The van der Waals surface area contributed by atoms with Crippen LogP contribution in [0.5, 0.6) is 11.5 Å². The Kier molecular flexibility index (Phi) is 6.60. The van der Waals surface area contributed by atoms with Crippen molar-refractivity contribution in [2.75, 3.05) is 19.0 Å². The molecule has 3 amide bonds. The van der Waals surface area contributed by atoms with Gasteiger partial charge in [0.05, 0.1) is 17.7 Å². The highest BCUT2D eigenvalue weighted by molar-refractivity contribution is 9.10. The third-order valence-electron chi connectivity index (χ3n) is 4.07. The van der Waals surface area contributed by atoms with Gasteiger partial charge in [-0.05, 0) is 47.7 Å². The van der Waals surface area contributed by atoms with Crippen LogP contribution in [0.3, 0.4) is 0 Å². The Bertz CT molecular complexity index is 1140. The van der Waals surface area contributed by atoms with Crippen LogP contribution >= 0.6 is 27.7 Å². The molecule has 2 aromatic rings. The van der Waals surface area contributed by atoms with Crippen LogP contribution in [0.15, 0.2) is 33.6 Å². The molecule has 31 heavy (non-hydrogen) atoms. The van der Waals surface area contributed by atoms with Crippen molar-refractivity contribution < 1.29 is 37.4 Å². The summed E-state index contributed by atoms with van der Waals surface area (Å²) in [5.41, 5.74) is -0.208. The van der Waals surface area contributed by atoms with Gasteiger partial charge in [0.25, 0.3) is 11.1 Å². The lowest BCUT2D eigenvalue weighted by Gasteiger charge is -2.13. The number of nitrogens with zero attached hydrogens (tertiary/aromatic N) is 1. The van der Waals surface area contributed by atoms with Crippen LogP contribution in [0, 0.1) is 17.5 Å². The van der Waals surface area contributed by atoms with E-state index in [1.807, 2.05) is 5.32 Å². The Balaban J connectivity index is 1.77. The number of rotatable bonds is 5. The predicted molar refractivity (Wildman–Crippen MR) is 110 cm³/mol. The zero-order valence-electron chi connectivity index (χ0n) is 15.5. The topological polar surface area (TPSA) is 95.9 Å². The monoisotopic (exact) mass is 516 g/mol. The number of ether oxygens (including phenoxy) is 1. The van der Waals surface area contributed by atoms with E-state index in [9.17, 15) is 32.7 Å². The molecule has 2 aromatic carbocycles. The summed E-state index contributed by atoms with van der Waals surface area (Å²) in [5, 5.41) is 11.0. The van der Waals surface area contributed by atoms with E-state index in [-0.39, 0.29) is 16.4 Å². The fourth-order valence-electron chi connectivity index (χ4n) is 2.57.